The van der Waals surface area contributed by atoms with Crippen LogP contribution in [0.15, 0.2) is 83.7 Å². The van der Waals surface area contributed by atoms with E-state index in [-0.39, 0.29) is 31.0 Å². The fraction of sp³-hybridized carbons (Fsp3) is 0.231. The van der Waals surface area contributed by atoms with Gasteiger partial charge in [0.15, 0.2) is 6.17 Å². The van der Waals surface area contributed by atoms with Crippen molar-refractivity contribution < 1.29 is 14.3 Å². The first kappa shape index (κ1) is 26.8. The van der Waals surface area contributed by atoms with E-state index >= 15 is 0 Å². The van der Waals surface area contributed by atoms with Crippen LogP contribution in [0, 0.1) is 0 Å². The Balaban J connectivity index is 2.00. The lowest BCUT2D eigenvalue weighted by Gasteiger charge is -2.40. The number of carbonyl (C=O) groups is 1. The molecule has 0 saturated heterocycles. The van der Waals surface area contributed by atoms with E-state index in [0.717, 1.165) is 0 Å². The van der Waals surface area contributed by atoms with E-state index in [9.17, 15) is 14.4 Å². The molecule has 0 bridgehead atoms. The van der Waals surface area contributed by atoms with Crippen molar-refractivity contribution in [3.05, 3.63) is 105 Å². The van der Waals surface area contributed by atoms with Crippen LogP contribution in [0.3, 0.4) is 0 Å². The number of rotatable bonds is 14. The lowest BCUT2D eigenvalue weighted by Crippen LogP contribution is -2.61. The molecule has 1 unspecified atom stereocenters. The van der Waals surface area contributed by atoms with E-state index in [1.807, 2.05) is 0 Å². The van der Waals surface area contributed by atoms with E-state index in [2.05, 4.69) is 34.1 Å². The van der Waals surface area contributed by atoms with Crippen molar-refractivity contribution in [1.82, 2.24) is 10.3 Å². The number of carbonyl (C=O) groups excluding carboxylic acids is 1. The van der Waals surface area contributed by atoms with Gasteiger partial charge in [0.25, 0.3) is 16.8 Å². The first-order valence-electron chi connectivity index (χ1n) is 11.2. The number of aromatic nitrogens is 1. The highest BCUT2D eigenvalue weighted by Crippen LogP contribution is 2.28. The van der Waals surface area contributed by atoms with Gasteiger partial charge in [-0.05, 0) is 36.4 Å². The summed E-state index contributed by atoms with van der Waals surface area (Å²) in [4.78, 5) is 42.1. The largest absolute Gasteiger partial charge is 0.356 e. The summed E-state index contributed by atoms with van der Waals surface area (Å²) in [5, 5.41) is 9.19. The summed E-state index contributed by atoms with van der Waals surface area (Å²) in [6, 6.07) is 9.67. The van der Waals surface area contributed by atoms with Gasteiger partial charge >= 0.3 is 0 Å². The SMILES string of the molecule is C=CCOC(CC)(OCC=C)C(NC(=O)c1ccc(Cl)cc1)Nc1c(Nc2cccnc2)c(=O)c1=O. The minimum absolute atomic E-state index is 0.0208. The van der Waals surface area contributed by atoms with Crippen molar-refractivity contribution in [2.75, 3.05) is 23.8 Å². The molecule has 2 aromatic carbocycles. The molecule has 0 spiro atoms. The van der Waals surface area contributed by atoms with Crippen molar-refractivity contribution in [2.24, 2.45) is 0 Å². The molecule has 9 nitrogen and oxygen atoms in total. The van der Waals surface area contributed by atoms with Crippen LogP contribution < -0.4 is 26.8 Å². The number of hydrogen-bond donors (Lipinski definition) is 3. The van der Waals surface area contributed by atoms with Gasteiger partial charge in [-0.2, -0.15) is 0 Å². The van der Waals surface area contributed by atoms with Gasteiger partial charge in [0.2, 0.25) is 5.79 Å². The minimum atomic E-state index is -1.45. The van der Waals surface area contributed by atoms with Gasteiger partial charge in [-0.25, -0.2) is 0 Å². The third-order valence-electron chi connectivity index (χ3n) is 5.34. The number of nitrogens with zero attached hydrogens (tertiary/aromatic N) is 1. The number of halogens is 1. The predicted octanol–water partition coefficient (Wildman–Crippen LogP) is 3.75. The Kier molecular flexibility index (Phi) is 9.13. The molecule has 1 heterocycles. The van der Waals surface area contributed by atoms with Crippen molar-refractivity contribution in [2.45, 2.75) is 25.3 Å². The lowest BCUT2D eigenvalue weighted by molar-refractivity contribution is -0.239. The highest BCUT2D eigenvalue weighted by molar-refractivity contribution is 6.30. The molecule has 0 aliphatic rings. The number of pyridine rings is 1. The van der Waals surface area contributed by atoms with Crippen molar-refractivity contribution in [3.63, 3.8) is 0 Å². The van der Waals surface area contributed by atoms with E-state index in [0.29, 0.717) is 16.3 Å². The van der Waals surface area contributed by atoms with E-state index in [4.69, 9.17) is 21.1 Å². The first-order chi connectivity index (χ1) is 17.3. The van der Waals surface area contributed by atoms with Crippen LogP contribution in [-0.4, -0.2) is 36.1 Å². The fourth-order valence-electron chi connectivity index (χ4n) is 3.46. The van der Waals surface area contributed by atoms with Crippen LogP contribution in [0.4, 0.5) is 17.1 Å². The van der Waals surface area contributed by atoms with Gasteiger partial charge < -0.3 is 25.4 Å². The molecule has 0 aliphatic heterocycles. The number of ether oxygens (including phenoxy) is 2. The summed E-state index contributed by atoms with van der Waals surface area (Å²) in [5.74, 6) is -1.93. The average molecular weight is 511 g/mol. The number of hydrogen-bond acceptors (Lipinski definition) is 8. The highest BCUT2D eigenvalue weighted by atomic mass is 35.5. The number of nitrogens with one attached hydrogen (secondary N) is 3. The maximum Gasteiger partial charge on any atom is 0.253 e. The molecule has 0 aliphatic carbocycles. The number of benzene rings is 1. The molecule has 3 aromatic rings. The first-order valence-corrected chi connectivity index (χ1v) is 11.6. The van der Waals surface area contributed by atoms with Gasteiger partial charge in [0.1, 0.15) is 11.4 Å². The second kappa shape index (κ2) is 12.3. The van der Waals surface area contributed by atoms with Crippen LogP contribution in [0.5, 0.6) is 0 Å². The Morgan fingerprint density at radius 2 is 1.72 bits per heavy atom. The summed E-state index contributed by atoms with van der Waals surface area (Å²) in [6.45, 7) is 9.34. The Morgan fingerprint density at radius 1 is 1.08 bits per heavy atom. The Labute approximate surface area is 213 Å². The molecule has 0 radical (unpaired) electrons. The molecule has 0 fully saturated rings. The predicted molar refractivity (Wildman–Crippen MR) is 141 cm³/mol. The Hall–Kier alpha value is -3.79. The zero-order valence-electron chi connectivity index (χ0n) is 19.8. The summed E-state index contributed by atoms with van der Waals surface area (Å²) in [7, 11) is 0. The molecular weight excluding hydrogens is 484 g/mol. The monoisotopic (exact) mass is 510 g/mol. The summed E-state index contributed by atoms with van der Waals surface area (Å²) in [5.41, 5.74) is -0.595. The molecule has 1 aromatic heterocycles. The van der Waals surface area contributed by atoms with Gasteiger partial charge in [-0.1, -0.05) is 30.7 Å². The zero-order valence-corrected chi connectivity index (χ0v) is 20.5. The molecule has 0 saturated carbocycles. The summed E-state index contributed by atoms with van der Waals surface area (Å²) >= 11 is 5.95. The maximum atomic E-state index is 13.1. The minimum Gasteiger partial charge on any atom is -0.356 e. The quantitative estimate of drug-likeness (QED) is 0.170. The van der Waals surface area contributed by atoms with Gasteiger partial charge in [-0.15, -0.1) is 13.2 Å². The van der Waals surface area contributed by atoms with E-state index in [1.54, 1.807) is 49.5 Å². The lowest BCUT2D eigenvalue weighted by atomic mass is 10.1. The summed E-state index contributed by atoms with van der Waals surface area (Å²) < 4.78 is 12.0. The molecule has 1 amide bonds. The fourth-order valence-corrected chi connectivity index (χ4v) is 3.59. The zero-order chi connectivity index (χ0) is 26.1. The number of anilines is 3. The average Bonchev–Trinajstić information content (AvgIpc) is 2.91. The van der Waals surface area contributed by atoms with Crippen LogP contribution >= 0.6 is 11.6 Å². The van der Waals surface area contributed by atoms with Crippen LogP contribution in [-0.2, 0) is 9.47 Å². The third kappa shape index (κ3) is 6.06. The van der Waals surface area contributed by atoms with Gasteiger partial charge in [0, 0.05) is 23.2 Å². The molecule has 3 N–H and O–H groups in total. The molecular formula is C26H27ClN4O5. The number of amides is 1. The van der Waals surface area contributed by atoms with E-state index in [1.165, 1.54) is 18.3 Å². The van der Waals surface area contributed by atoms with Gasteiger partial charge in [0.05, 0.1) is 25.1 Å². The van der Waals surface area contributed by atoms with Crippen LogP contribution in [0.1, 0.15) is 23.7 Å². The smallest absolute Gasteiger partial charge is 0.253 e. The third-order valence-corrected chi connectivity index (χ3v) is 5.59. The maximum absolute atomic E-state index is 13.1. The topological polar surface area (TPSA) is 119 Å². The van der Waals surface area contributed by atoms with Crippen LogP contribution in [0.2, 0.25) is 5.02 Å². The van der Waals surface area contributed by atoms with Crippen molar-refractivity contribution in [3.8, 4) is 0 Å². The molecule has 188 valence electrons. The van der Waals surface area contributed by atoms with Crippen molar-refractivity contribution in [1.29, 1.82) is 0 Å². The van der Waals surface area contributed by atoms with E-state index < -0.39 is 28.7 Å². The molecule has 10 heteroatoms. The molecule has 1 atom stereocenters. The Bertz CT molecular complexity index is 1260. The standard InChI is InChI=1S/C26H27ClN4O5/c1-4-14-35-26(6-3,36-15-5-2)25(31-24(34)17-9-11-18(27)12-10-17)30-21-20(22(32)23(21)33)29-19-8-7-13-28-16-19/h4-5,7-13,16,25,29-30H,1-2,6,14-15H2,3H3,(H,31,34). The highest BCUT2D eigenvalue weighted by Gasteiger charge is 2.42. The molecule has 36 heavy (non-hydrogen) atoms. The normalized spacial score (nSPS) is 12.1. The summed E-state index contributed by atoms with van der Waals surface area (Å²) in [6.07, 6.45) is 5.32. The van der Waals surface area contributed by atoms with Crippen molar-refractivity contribution >= 4 is 34.6 Å². The second-order valence-corrected chi connectivity index (χ2v) is 8.13. The van der Waals surface area contributed by atoms with Gasteiger partial charge in [-0.3, -0.25) is 19.4 Å². The van der Waals surface area contributed by atoms with Crippen LogP contribution in [0.25, 0.3) is 0 Å². The molecule has 3 rings (SSSR count). The Morgan fingerprint density at radius 3 is 2.28 bits per heavy atom. The second-order valence-electron chi connectivity index (χ2n) is 7.70.